The van der Waals surface area contributed by atoms with Crippen molar-refractivity contribution in [3.63, 3.8) is 0 Å². The summed E-state index contributed by atoms with van der Waals surface area (Å²) in [5, 5.41) is 2.10. The van der Waals surface area contributed by atoms with E-state index in [1.807, 2.05) is 24.3 Å². The minimum Gasteiger partial charge on any atom is -0.464 e. The van der Waals surface area contributed by atoms with Gasteiger partial charge in [0.15, 0.2) is 0 Å². The van der Waals surface area contributed by atoms with Gasteiger partial charge in [-0.25, -0.2) is 9.18 Å². The fourth-order valence-electron chi connectivity index (χ4n) is 7.58. The summed E-state index contributed by atoms with van der Waals surface area (Å²) < 4.78 is 38.8. The third kappa shape index (κ3) is 8.36. The van der Waals surface area contributed by atoms with Gasteiger partial charge in [0, 0.05) is 6.42 Å². The molecular formula is C42H51FO6Si. The Kier molecular flexibility index (Phi) is 11.7. The second-order valence-electron chi connectivity index (χ2n) is 15.1. The fourth-order valence-corrected chi connectivity index (χ4v) is 12.3. The van der Waals surface area contributed by atoms with Gasteiger partial charge in [-0.15, -0.1) is 0 Å². The zero-order valence-electron chi connectivity index (χ0n) is 30.5. The number of rotatable bonds is 11. The summed E-state index contributed by atoms with van der Waals surface area (Å²) in [7, 11) is -2.89. The summed E-state index contributed by atoms with van der Waals surface area (Å²) in [6.45, 7) is 14.7. The number of allylic oxidation sites excluding steroid dienone is 2. The van der Waals surface area contributed by atoms with Gasteiger partial charge in [-0.1, -0.05) is 107 Å². The Balaban J connectivity index is 1.48. The van der Waals surface area contributed by atoms with Crippen molar-refractivity contribution in [2.45, 2.75) is 97.5 Å². The zero-order valence-corrected chi connectivity index (χ0v) is 31.5. The van der Waals surface area contributed by atoms with Gasteiger partial charge in [0.1, 0.15) is 18.5 Å². The van der Waals surface area contributed by atoms with Gasteiger partial charge < -0.3 is 18.6 Å². The maximum absolute atomic E-state index is 14.4. The first-order chi connectivity index (χ1) is 23.7. The number of ether oxygens (including phenoxy) is 3. The van der Waals surface area contributed by atoms with Crippen molar-refractivity contribution in [3.8, 4) is 0 Å². The quantitative estimate of drug-likeness (QED) is 0.150. The molecule has 0 amide bonds. The molecule has 50 heavy (non-hydrogen) atoms. The third-order valence-corrected chi connectivity index (χ3v) is 15.0. The largest absolute Gasteiger partial charge is 0.464 e. The Morgan fingerprint density at radius 2 is 1.62 bits per heavy atom. The van der Waals surface area contributed by atoms with Crippen LogP contribution in [-0.4, -0.2) is 51.8 Å². The minimum absolute atomic E-state index is 0.125. The predicted molar refractivity (Wildman–Crippen MR) is 198 cm³/mol. The van der Waals surface area contributed by atoms with E-state index in [1.54, 1.807) is 19.9 Å². The minimum atomic E-state index is -2.89. The third-order valence-electron chi connectivity index (χ3n) is 9.88. The molecule has 6 nitrogen and oxygen atoms in total. The number of hydrogen-bond donors (Lipinski definition) is 0. The van der Waals surface area contributed by atoms with Gasteiger partial charge in [-0.2, -0.15) is 0 Å². The van der Waals surface area contributed by atoms with E-state index in [1.165, 1.54) is 6.07 Å². The highest BCUT2D eigenvalue weighted by Crippen LogP contribution is 2.46. The fraction of sp³-hybridized carbons (Fsp3) is 0.429. The van der Waals surface area contributed by atoms with Crippen molar-refractivity contribution in [1.29, 1.82) is 0 Å². The summed E-state index contributed by atoms with van der Waals surface area (Å²) in [5.74, 6) is -0.946. The van der Waals surface area contributed by atoms with Gasteiger partial charge in [-0.3, -0.25) is 4.79 Å². The number of benzene rings is 3. The first kappa shape index (κ1) is 37.4. The van der Waals surface area contributed by atoms with Crippen molar-refractivity contribution >= 4 is 36.2 Å². The Morgan fingerprint density at radius 1 is 0.980 bits per heavy atom. The van der Waals surface area contributed by atoms with Crippen LogP contribution in [0, 0.1) is 18.2 Å². The Morgan fingerprint density at radius 3 is 2.20 bits per heavy atom. The molecule has 0 spiro atoms. The highest BCUT2D eigenvalue weighted by atomic mass is 28.4. The number of aryl methyl sites for hydroxylation is 1. The smallest absolute Gasteiger partial charge is 0.332 e. The molecule has 1 fully saturated rings. The molecule has 0 saturated carbocycles. The van der Waals surface area contributed by atoms with Crippen LogP contribution in [0.4, 0.5) is 4.39 Å². The van der Waals surface area contributed by atoms with Crippen molar-refractivity contribution in [1.82, 2.24) is 0 Å². The monoisotopic (exact) mass is 698 g/mol. The first-order valence-corrected chi connectivity index (χ1v) is 19.6. The van der Waals surface area contributed by atoms with E-state index in [4.69, 9.17) is 18.6 Å². The number of cyclic esters (lactones) is 1. The van der Waals surface area contributed by atoms with Gasteiger partial charge in [0.2, 0.25) is 0 Å². The van der Waals surface area contributed by atoms with Crippen LogP contribution in [0.5, 0.6) is 0 Å². The van der Waals surface area contributed by atoms with E-state index < -0.39 is 20.4 Å². The highest BCUT2D eigenvalue weighted by Gasteiger charge is 2.52. The number of halogens is 1. The Hall–Kier alpha value is -3.85. The van der Waals surface area contributed by atoms with Gasteiger partial charge in [0.05, 0.1) is 25.2 Å². The molecule has 1 saturated heterocycles. The molecule has 8 heteroatoms. The molecular weight excluding hydrogens is 648 g/mol. The van der Waals surface area contributed by atoms with Gasteiger partial charge >= 0.3 is 11.9 Å². The average Bonchev–Trinajstić information content (AvgIpc) is 3.06. The van der Waals surface area contributed by atoms with Crippen molar-refractivity contribution in [3.05, 3.63) is 114 Å². The molecule has 266 valence electrons. The van der Waals surface area contributed by atoms with E-state index in [-0.39, 0.29) is 47.5 Å². The van der Waals surface area contributed by atoms with Crippen LogP contribution in [0.2, 0.25) is 5.04 Å². The normalized spacial score (nSPS) is 21.3. The summed E-state index contributed by atoms with van der Waals surface area (Å²) in [6, 6.07) is 26.0. The van der Waals surface area contributed by atoms with Crippen LogP contribution in [0.1, 0.15) is 78.4 Å². The molecule has 1 aliphatic heterocycles. The van der Waals surface area contributed by atoms with Crippen LogP contribution in [0.25, 0.3) is 5.57 Å². The van der Waals surface area contributed by atoms with Crippen LogP contribution >= 0.6 is 0 Å². The molecule has 3 aromatic carbocycles. The average molecular weight is 699 g/mol. The molecule has 5 rings (SSSR count). The number of esters is 2. The lowest BCUT2D eigenvalue weighted by Crippen LogP contribution is -2.68. The summed E-state index contributed by atoms with van der Waals surface area (Å²) in [4.78, 5) is 25.3. The molecule has 2 aliphatic rings. The summed E-state index contributed by atoms with van der Waals surface area (Å²) in [5.41, 5.74) is 3.15. The van der Waals surface area contributed by atoms with E-state index >= 15 is 0 Å². The molecule has 0 radical (unpaired) electrons. The van der Waals surface area contributed by atoms with E-state index in [2.05, 4.69) is 89.2 Å². The first-order valence-electron chi connectivity index (χ1n) is 17.7. The lowest BCUT2D eigenvalue weighted by atomic mass is 9.69. The molecule has 3 atom stereocenters. The van der Waals surface area contributed by atoms with Crippen molar-refractivity contribution in [2.75, 3.05) is 13.2 Å². The summed E-state index contributed by atoms with van der Waals surface area (Å²) >= 11 is 0. The number of hydrogen-bond acceptors (Lipinski definition) is 6. The molecule has 1 aliphatic carbocycles. The highest BCUT2D eigenvalue weighted by molar-refractivity contribution is 6.99. The molecule has 1 unspecified atom stereocenters. The lowest BCUT2D eigenvalue weighted by molar-refractivity contribution is -0.156. The maximum Gasteiger partial charge on any atom is 0.332 e. The van der Waals surface area contributed by atoms with Crippen molar-refractivity contribution < 1.29 is 32.6 Å². The zero-order chi connectivity index (χ0) is 36.1. The maximum atomic E-state index is 14.4. The predicted octanol–water partition coefficient (Wildman–Crippen LogP) is 7.86. The second-order valence-corrected chi connectivity index (χ2v) is 19.4. The van der Waals surface area contributed by atoms with Crippen molar-refractivity contribution in [2.24, 2.45) is 5.41 Å². The molecule has 1 heterocycles. The van der Waals surface area contributed by atoms with Crippen LogP contribution < -0.4 is 10.4 Å². The standard InChI is InChI=1S/C42H51FO6Si/c1-8-46-40(45)28-47-33-25-36(30-19-22-38(43)29(2)23-30)37(42(6,7)27-33)21-20-31-24-32(26-39(44)48-31)49-50(41(3,4)5,34-15-11-9-12-16-34)35-17-13-10-14-18-35/h9-23,31-33H,8,24-28H2,1-7H3/t31-,32-,33?/m0/s1. The molecule has 3 aromatic rings. The molecule has 0 bridgehead atoms. The van der Waals surface area contributed by atoms with Gasteiger partial charge in [0.25, 0.3) is 8.32 Å². The topological polar surface area (TPSA) is 71.1 Å². The van der Waals surface area contributed by atoms with E-state index in [9.17, 15) is 14.0 Å². The molecule has 0 N–H and O–H groups in total. The van der Waals surface area contributed by atoms with E-state index in [0.717, 1.165) is 27.1 Å². The molecule has 0 aromatic heterocycles. The summed E-state index contributed by atoms with van der Waals surface area (Å²) in [6.07, 6.45) is 4.90. The lowest BCUT2D eigenvalue weighted by Gasteiger charge is -2.46. The van der Waals surface area contributed by atoms with Gasteiger partial charge in [-0.05, 0) is 88.0 Å². The second kappa shape index (κ2) is 15.6. The Labute approximate surface area is 297 Å². The van der Waals surface area contributed by atoms with E-state index in [0.29, 0.717) is 31.4 Å². The number of carbonyl (C=O) groups is 2. The number of carbonyl (C=O) groups excluding carboxylic acids is 2. The SMILES string of the molecule is CCOC(=O)COC1CC(c2ccc(F)c(C)c2)=C(C=C[C@H]2C[C@H](O[Si](c3ccccc3)(c3ccccc3)C(C)(C)C)CC(=O)O2)C(C)(C)C1. The van der Waals surface area contributed by atoms with Crippen LogP contribution in [-0.2, 0) is 28.2 Å². The Bertz CT molecular complexity index is 1670. The van der Waals surface area contributed by atoms with Crippen LogP contribution in [0.15, 0.2) is 96.6 Å². The van der Waals surface area contributed by atoms with Crippen LogP contribution in [0.3, 0.4) is 0 Å².